The quantitative estimate of drug-likeness (QED) is 0.778. The Morgan fingerprint density at radius 2 is 1.67 bits per heavy atom. The fraction of sp³-hybridized carbons (Fsp3) is 0.0625. The van der Waals surface area contributed by atoms with Crippen LogP contribution in [0.2, 0.25) is 0 Å². The van der Waals surface area contributed by atoms with Crippen molar-refractivity contribution in [2.24, 2.45) is 0 Å². The van der Waals surface area contributed by atoms with Crippen LogP contribution in [-0.2, 0) is 10.0 Å². The highest BCUT2D eigenvalue weighted by atomic mass is 32.2. The zero-order valence-electron chi connectivity index (χ0n) is 12.5. The zero-order valence-corrected chi connectivity index (χ0v) is 13.3. The lowest BCUT2D eigenvalue weighted by atomic mass is 10.1. The first-order valence-corrected chi connectivity index (χ1v) is 8.35. The molecular formula is C16H12F2N2O3S. The molecule has 8 heteroatoms. The van der Waals surface area contributed by atoms with Gasteiger partial charge in [0, 0.05) is 6.07 Å². The summed E-state index contributed by atoms with van der Waals surface area (Å²) in [6.45, 7) is 1.60. The van der Waals surface area contributed by atoms with E-state index in [9.17, 15) is 17.2 Å². The van der Waals surface area contributed by atoms with Crippen LogP contribution < -0.4 is 4.72 Å². The van der Waals surface area contributed by atoms with Crippen LogP contribution in [0.25, 0.3) is 11.1 Å². The molecule has 0 spiro atoms. The first kappa shape index (κ1) is 16.1. The number of rotatable bonds is 4. The molecule has 3 rings (SSSR count). The maximum atomic E-state index is 14.3. The minimum atomic E-state index is -4.14. The molecule has 0 aliphatic rings. The van der Waals surface area contributed by atoms with E-state index in [1.807, 2.05) is 0 Å². The number of nitrogens with zero attached hydrogens (tertiary/aromatic N) is 1. The van der Waals surface area contributed by atoms with Crippen molar-refractivity contribution in [1.82, 2.24) is 5.16 Å². The van der Waals surface area contributed by atoms with E-state index in [0.717, 1.165) is 12.1 Å². The van der Waals surface area contributed by atoms with Crippen LogP contribution >= 0.6 is 0 Å². The van der Waals surface area contributed by atoms with Gasteiger partial charge in [0.2, 0.25) is 0 Å². The van der Waals surface area contributed by atoms with Gasteiger partial charge in [-0.2, -0.15) is 0 Å². The summed E-state index contributed by atoms with van der Waals surface area (Å²) in [6, 6.07) is 10.5. The highest BCUT2D eigenvalue weighted by Crippen LogP contribution is 2.25. The number of anilines is 1. The molecule has 0 amide bonds. The summed E-state index contributed by atoms with van der Waals surface area (Å²) < 4.78 is 58.6. The van der Waals surface area contributed by atoms with E-state index in [1.54, 1.807) is 6.92 Å². The molecule has 124 valence electrons. The molecule has 24 heavy (non-hydrogen) atoms. The average molecular weight is 350 g/mol. The average Bonchev–Trinajstić information content (AvgIpc) is 2.92. The van der Waals surface area contributed by atoms with Crippen molar-refractivity contribution in [2.75, 3.05) is 4.72 Å². The van der Waals surface area contributed by atoms with Crippen LogP contribution in [0, 0.1) is 18.6 Å². The summed E-state index contributed by atoms with van der Waals surface area (Å²) in [4.78, 5) is -0.519. The van der Waals surface area contributed by atoms with Crippen molar-refractivity contribution < 1.29 is 21.7 Å². The van der Waals surface area contributed by atoms with E-state index in [-0.39, 0.29) is 5.82 Å². The van der Waals surface area contributed by atoms with Crippen LogP contribution in [0.5, 0.6) is 0 Å². The van der Waals surface area contributed by atoms with Crippen molar-refractivity contribution in [1.29, 1.82) is 0 Å². The maximum absolute atomic E-state index is 14.3. The highest BCUT2D eigenvalue weighted by Gasteiger charge is 2.21. The molecule has 1 heterocycles. The summed E-state index contributed by atoms with van der Waals surface area (Å²) in [5.74, 6) is -0.954. The van der Waals surface area contributed by atoms with Crippen LogP contribution in [0.1, 0.15) is 5.76 Å². The van der Waals surface area contributed by atoms with Crippen molar-refractivity contribution in [3.05, 3.63) is 65.9 Å². The maximum Gasteiger partial charge on any atom is 0.266 e. The normalized spacial score (nSPS) is 11.5. The number of hydrogen-bond donors (Lipinski definition) is 1. The fourth-order valence-corrected chi connectivity index (χ4v) is 3.19. The molecule has 0 bridgehead atoms. The predicted octanol–water partition coefficient (Wildman–Crippen LogP) is 3.73. The molecule has 0 aliphatic heterocycles. The lowest BCUT2D eigenvalue weighted by Gasteiger charge is -2.08. The Morgan fingerprint density at radius 1 is 1.00 bits per heavy atom. The number of aromatic nitrogens is 1. The molecule has 2 aromatic carbocycles. The minimum absolute atomic E-state index is 0.0329. The van der Waals surface area contributed by atoms with E-state index < -0.39 is 26.6 Å². The van der Waals surface area contributed by atoms with Crippen molar-refractivity contribution in [3.8, 4) is 11.1 Å². The van der Waals surface area contributed by atoms with Gasteiger partial charge in [-0.25, -0.2) is 17.2 Å². The molecule has 1 N–H and O–H groups in total. The van der Waals surface area contributed by atoms with Gasteiger partial charge in [0.25, 0.3) is 10.0 Å². The van der Waals surface area contributed by atoms with E-state index in [2.05, 4.69) is 9.88 Å². The Bertz CT molecular complexity index is 983. The van der Waals surface area contributed by atoms with Gasteiger partial charge >= 0.3 is 0 Å². The van der Waals surface area contributed by atoms with Crippen molar-refractivity contribution in [2.45, 2.75) is 11.8 Å². The summed E-state index contributed by atoms with van der Waals surface area (Å²) >= 11 is 0. The van der Waals surface area contributed by atoms with E-state index >= 15 is 0 Å². The summed E-state index contributed by atoms with van der Waals surface area (Å²) in [5.41, 5.74) is 1.00. The van der Waals surface area contributed by atoms with Crippen molar-refractivity contribution >= 4 is 15.8 Å². The molecule has 0 radical (unpaired) electrons. The second kappa shape index (κ2) is 6.04. The zero-order chi connectivity index (χ0) is 17.3. The smallest absolute Gasteiger partial charge is 0.266 e. The number of sulfonamides is 1. The predicted molar refractivity (Wildman–Crippen MR) is 83.8 cm³/mol. The fourth-order valence-electron chi connectivity index (χ4n) is 2.15. The highest BCUT2D eigenvalue weighted by molar-refractivity contribution is 7.92. The van der Waals surface area contributed by atoms with Gasteiger partial charge in [-0.15, -0.1) is 0 Å². The van der Waals surface area contributed by atoms with E-state index in [4.69, 9.17) is 4.52 Å². The third-order valence-electron chi connectivity index (χ3n) is 3.27. The second-order valence-electron chi connectivity index (χ2n) is 5.08. The molecule has 0 saturated carbocycles. The Morgan fingerprint density at radius 3 is 2.25 bits per heavy atom. The van der Waals surface area contributed by atoms with Gasteiger partial charge in [-0.05, 0) is 42.3 Å². The lowest BCUT2D eigenvalue weighted by Crippen LogP contribution is -2.14. The number of nitrogens with one attached hydrogen (secondary N) is 1. The van der Waals surface area contributed by atoms with Gasteiger partial charge in [0.1, 0.15) is 22.3 Å². The Hall–Kier alpha value is -2.74. The topological polar surface area (TPSA) is 72.2 Å². The molecule has 1 aromatic heterocycles. The monoisotopic (exact) mass is 350 g/mol. The SMILES string of the molecule is Cc1cc(NS(=O)(=O)c2ccc(-c3ccc(F)cc3)cc2F)no1. The van der Waals surface area contributed by atoms with Crippen LogP contribution in [-0.4, -0.2) is 13.6 Å². The van der Waals surface area contributed by atoms with Crippen LogP contribution in [0.4, 0.5) is 14.6 Å². The van der Waals surface area contributed by atoms with Crippen LogP contribution in [0.15, 0.2) is 57.9 Å². The first-order chi connectivity index (χ1) is 11.3. The number of hydrogen-bond acceptors (Lipinski definition) is 4. The molecule has 0 unspecified atom stereocenters. The molecule has 0 aliphatic carbocycles. The Labute approximate surface area is 137 Å². The third kappa shape index (κ3) is 3.28. The van der Waals surface area contributed by atoms with Crippen molar-refractivity contribution in [3.63, 3.8) is 0 Å². The molecule has 3 aromatic rings. The van der Waals surface area contributed by atoms with Gasteiger partial charge in [-0.1, -0.05) is 23.4 Å². The second-order valence-corrected chi connectivity index (χ2v) is 6.73. The standard InChI is InChI=1S/C16H12F2N2O3S/c1-10-8-16(19-23-10)20-24(21,22)15-7-4-12(9-14(15)18)11-2-5-13(17)6-3-11/h2-9H,1H3,(H,19,20). The molecule has 0 atom stereocenters. The molecule has 5 nitrogen and oxygen atoms in total. The van der Waals surface area contributed by atoms with Crippen LogP contribution in [0.3, 0.4) is 0 Å². The molecule has 0 saturated heterocycles. The van der Waals surface area contributed by atoms with E-state index in [1.165, 1.54) is 36.4 Å². The van der Waals surface area contributed by atoms with Gasteiger partial charge in [-0.3, -0.25) is 4.72 Å². The number of benzene rings is 2. The third-order valence-corrected chi connectivity index (χ3v) is 4.65. The van der Waals surface area contributed by atoms with Gasteiger partial charge in [0.15, 0.2) is 5.82 Å². The summed E-state index contributed by atoms with van der Waals surface area (Å²) in [6.07, 6.45) is 0. The lowest BCUT2D eigenvalue weighted by molar-refractivity contribution is 0.400. The Kier molecular flexibility index (Phi) is 4.06. The van der Waals surface area contributed by atoms with Gasteiger partial charge < -0.3 is 4.52 Å². The minimum Gasteiger partial charge on any atom is -0.360 e. The van der Waals surface area contributed by atoms with E-state index in [0.29, 0.717) is 16.9 Å². The summed E-state index contributed by atoms with van der Waals surface area (Å²) in [7, 11) is -4.14. The molecular weight excluding hydrogens is 338 g/mol. The van der Waals surface area contributed by atoms with Gasteiger partial charge in [0.05, 0.1) is 0 Å². The number of halogens is 2. The molecule has 0 fully saturated rings. The summed E-state index contributed by atoms with van der Waals surface area (Å²) in [5, 5.41) is 3.51. The number of aryl methyl sites for hydroxylation is 1. The Balaban J connectivity index is 1.93. The first-order valence-electron chi connectivity index (χ1n) is 6.87. The largest absolute Gasteiger partial charge is 0.360 e.